The summed E-state index contributed by atoms with van der Waals surface area (Å²) in [6.07, 6.45) is 0.750. The molecule has 0 bridgehead atoms. The minimum atomic E-state index is -0.713. The van der Waals surface area contributed by atoms with Crippen LogP contribution in [0.15, 0.2) is 36.4 Å². The van der Waals surface area contributed by atoms with Gasteiger partial charge in [-0.1, -0.05) is 12.1 Å². The fraction of sp³-hybridized carbons (Fsp3) is 0.278. The molecule has 24 heavy (non-hydrogen) atoms. The monoisotopic (exact) mass is 333 g/mol. The standard InChI is InChI=1S/C18H17F2NO3/c1-18(2)9-11-4-3-5-15(17(11)24-18)23-10-16(22)21-14-8-12(19)6-7-13(14)20/h3-8H,9-10H2,1-2H3,(H,21,22). The molecule has 2 aromatic carbocycles. The maximum atomic E-state index is 13.5. The first kappa shape index (κ1) is 16.2. The van der Waals surface area contributed by atoms with E-state index in [9.17, 15) is 13.6 Å². The highest BCUT2D eigenvalue weighted by Crippen LogP contribution is 2.41. The van der Waals surface area contributed by atoms with Gasteiger partial charge >= 0.3 is 0 Å². The summed E-state index contributed by atoms with van der Waals surface area (Å²) >= 11 is 0. The highest BCUT2D eigenvalue weighted by molar-refractivity contribution is 5.92. The van der Waals surface area contributed by atoms with Crippen LogP contribution in [0.2, 0.25) is 0 Å². The molecule has 4 nitrogen and oxygen atoms in total. The van der Waals surface area contributed by atoms with E-state index in [-0.39, 0.29) is 17.9 Å². The number of hydrogen-bond donors (Lipinski definition) is 1. The second-order valence-corrected chi connectivity index (χ2v) is 6.24. The van der Waals surface area contributed by atoms with Crippen molar-refractivity contribution in [1.29, 1.82) is 0 Å². The van der Waals surface area contributed by atoms with Crippen molar-refractivity contribution >= 4 is 11.6 Å². The third-order valence-corrected chi connectivity index (χ3v) is 3.62. The summed E-state index contributed by atoms with van der Waals surface area (Å²) in [6, 6.07) is 8.32. The highest BCUT2D eigenvalue weighted by atomic mass is 19.1. The molecule has 2 aromatic rings. The fourth-order valence-electron chi connectivity index (χ4n) is 2.62. The quantitative estimate of drug-likeness (QED) is 0.928. The molecule has 0 saturated heterocycles. The van der Waals surface area contributed by atoms with E-state index in [4.69, 9.17) is 9.47 Å². The van der Waals surface area contributed by atoms with E-state index >= 15 is 0 Å². The summed E-state index contributed by atoms with van der Waals surface area (Å²) in [5.74, 6) is -0.867. The Labute approximate surface area is 138 Å². The summed E-state index contributed by atoms with van der Waals surface area (Å²) < 4.78 is 38.0. The van der Waals surface area contributed by atoms with E-state index in [0.29, 0.717) is 11.5 Å². The Morgan fingerprint density at radius 2 is 2.08 bits per heavy atom. The predicted molar refractivity (Wildman–Crippen MR) is 85.3 cm³/mol. The van der Waals surface area contributed by atoms with Crippen molar-refractivity contribution in [3.05, 3.63) is 53.6 Å². The number of amides is 1. The summed E-state index contributed by atoms with van der Waals surface area (Å²) in [6.45, 7) is 3.60. The van der Waals surface area contributed by atoms with E-state index in [1.165, 1.54) is 0 Å². The Morgan fingerprint density at radius 3 is 2.88 bits per heavy atom. The van der Waals surface area contributed by atoms with Gasteiger partial charge < -0.3 is 14.8 Å². The number of carbonyl (C=O) groups is 1. The van der Waals surface area contributed by atoms with Crippen LogP contribution in [0.4, 0.5) is 14.5 Å². The van der Waals surface area contributed by atoms with Gasteiger partial charge in [0.05, 0.1) is 5.69 Å². The molecule has 1 amide bonds. The molecule has 0 saturated carbocycles. The van der Waals surface area contributed by atoms with Gasteiger partial charge in [0, 0.05) is 18.1 Å². The Bertz CT molecular complexity index is 790. The third kappa shape index (κ3) is 3.48. The maximum absolute atomic E-state index is 13.5. The molecule has 1 N–H and O–H groups in total. The van der Waals surface area contributed by atoms with Gasteiger partial charge in [0.15, 0.2) is 18.1 Å². The van der Waals surface area contributed by atoms with Crippen LogP contribution in [0.1, 0.15) is 19.4 Å². The van der Waals surface area contributed by atoms with Crippen molar-refractivity contribution < 1.29 is 23.0 Å². The second kappa shape index (κ2) is 6.11. The van der Waals surface area contributed by atoms with Crippen molar-refractivity contribution in [3.63, 3.8) is 0 Å². The number of fused-ring (bicyclic) bond motifs is 1. The highest BCUT2D eigenvalue weighted by Gasteiger charge is 2.32. The molecule has 0 unspecified atom stereocenters. The zero-order valence-corrected chi connectivity index (χ0v) is 13.4. The van der Waals surface area contributed by atoms with Crippen LogP contribution in [0, 0.1) is 11.6 Å². The van der Waals surface area contributed by atoms with Crippen LogP contribution < -0.4 is 14.8 Å². The van der Waals surface area contributed by atoms with Crippen molar-refractivity contribution in [2.45, 2.75) is 25.9 Å². The molecule has 1 heterocycles. The lowest BCUT2D eigenvalue weighted by atomic mass is 10.0. The average Bonchev–Trinajstić information content (AvgIpc) is 2.83. The van der Waals surface area contributed by atoms with Gasteiger partial charge in [0.2, 0.25) is 0 Å². The molecule has 1 aliphatic rings. The minimum Gasteiger partial charge on any atom is -0.483 e. The van der Waals surface area contributed by atoms with Gasteiger partial charge in [-0.15, -0.1) is 0 Å². The Morgan fingerprint density at radius 1 is 1.29 bits per heavy atom. The zero-order valence-electron chi connectivity index (χ0n) is 13.4. The van der Waals surface area contributed by atoms with E-state index < -0.39 is 17.5 Å². The average molecular weight is 333 g/mol. The minimum absolute atomic E-state index is 0.223. The number of benzene rings is 2. The van der Waals surface area contributed by atoms with Crippen LogP contribution in [0.3, 0.4) is 0 Å². The lowest BCUT2D eigenvalue weighted by Gasteiger charge is -2.18. The van der Waals surface area contributed by atoms with Crippen LogP contribution in [0.5, 0.6) is 11.5 Å². The topological polar surface area (TPSA) is 47.6 Å². The molecule has 0 fully saturated rings. The van der Waals surface area contributed by atoms with Gasteiger partial charge in [-0.25, -0.2) is 8.78 Å². The van der Waals surface area contributed by atoms with Crippen molar-refractivity contribution in [1.82, 2.24) is 0 Å². The van der Waals surface area contributed by atoms with E-state index in [1.54, 1.807) is 6.07 Å². The lowest BCUT2D eigenvalue weighted by molar-refractivity contribution is -0.118. The number of hydrogen-bond acceptors (Lipinski definition) is 3. The molecule has 126 valence electrons. The normalized spacial score (nSPS) is 14.7. The third-order valence-electron chi connectivity index (χ3n) is 3.62. The van der Waals surface area contributed by atoms with Crippen molar-refractivity contribution in [2.75, 3.05) is 11.9 Å². The number of para-hydroxylation sites is 1. The first-order valence-electron chi connectivity index (χ1n) is 7.53. The predicted octanol–water partition coefficient (Wildman–Crippen LogP) is 3.70. The summed E-state index contributed by atoms with van der Waals surface area (Å²) in [5, 5.41) is 2.29. The number of anilines is 1. The molecule has 0 atom stereocenters. The first-order valence-corrected chi connectivity index (χ1v) is 7.53. The zero-order chi connectivity index (χ0) is 17.3. The lowest BCUT2D eigenvalue weighted by Crippen LogP contribution is -2.25. The van der Waals surface area contributed by atoms with Gasteiger partial charge in [-0.3, -0.25) is 4.79 Å². The van der Waals surface area contributed by atoms with Crippen LogP contribution in [-0.2, 0) is 11.2 Å². The van der Waals surface area contributed by atoms with Gasteiger partial charge in [-0.2, -0.15) is 0 Å². The molecule has 0 spiro atoms. The molecule has 0 aliphatic carbocycles. The van der Waals surface area contributed by atoms with Crippen molar-refractivity contribution in [3.8, 4) is 11.5 Å². The molecule has 3 rings (SSSR count). The first-order chi connectivity index (χ1) is 11.3. The van der Waals surface area contributed by atoms with E-state index in [0.717, 1.165) is 30.2 Å². The molecule has 0 radical (unpaired) electrons. The van der Waals surface area contributed by atoms with E-state index in [2.05, 4.69) is 5.32 Å². The largest absolute Gasteiger partial charge is 0.483 e. The molecule has 1 aliphatic heterocycles. The number of carbonyl (C=O) groups excluding carboxylic acids is 1. The Hall–Kier alpha value is -2.63. The maximum Gasteiger partial charge on any atom is 0.262 e. The Kier molecular flexibility index (Phi) is 4.13. The van der Waals surface area contributed by atoms with Gasteiger partial charge in [-0.05, 0) is 32.0 Å². The van der Waals surface area contributed by atoms with Crippen LogP contribution >= 0.6 is 0 Å². The molecule has 0 aromatic heterocycles. The van der Waals surface area contributed by atoms with Crippen LogP contribution in [0.25, 0.3) is 0 Å². The van der Waals surface area contributed by atoms with Gasteiger partial charge in [0.25, 0.3) is 5.91 Å². The molecular formula is C18H17F2NO3. The molecule has 6 heteroatoms. The molecular weight excluding hydrogens is 316 g/mol. The Balaban J connectivity index is 1.66. The summed E-state index contributed by atoms with van der Waals surface area (Å²) in [5.41, 5.74) is 0.461. The number of halogens is 2. The van der Waals surface area contributed by atoms with Crippen LogP contribution in [-0.4, -0.2) is 18.1 Å². The fourth-order valence-corrected chi connectivity index (χ4v) is 2.62. The summed E-state index contributed by atoms with van der Waals surface area (Å²) in [7, 11) is 0. The second-order valence-electron chi connectivity index (χ2n) is 6.24. The number of rotatable bonds is 4. The number of ether oxygens (including phenoxy) is 2. The smallest absolute Gasteiger partial charge is 0.262 e. The number of nitrogens with one attached hydrogen (secondary N) is 1. The SMILES string of the molecule is CC1(C)Cc2cccc(OCC(=O)Nc3cc(F)ccc3F)c2O1. The van der Waals surface area contributed by atoms with E-state index in [1.807, 2.05) is 26.0 Å². The van der Waals surface area contributed by atoms with Crippen molar-refractivity contribution in [2.24, 2.45) is 0 Å². The summed E-state index contributed by atoms with van der Waals surface area (Å²) in [4.78, 5) is 11.9. The van der Waals surface area contributed by atoms with Gasteiger partial charge in [0.1, 0.15) is 17.2 Å².